The molecule has 1 fully saturated rings. The van der Waals surface area contributed by atoms with Crippen LogP contribution < -0.4 is 4.90 Å². The Balaban J connectivity index is 1.52. The first-order valence-electron chi connectivity index (χ1n) is 10.3. The number of amides is 1. The molecule has 0 bridgehead atoms. The summed E-state index contributed by atoms with van der Waals surface area (Å²) in [5.41, 5.74) is 2.67. The van der Waals surface area contributed by atoms with Crippen molar-refractivity contribution in [1.82, 2.24) is 4.31 Å². The minimum absolute atomic E-state index is 0.243. The molecule has 3 rings (SSSR count). The number of para-hydroxylation sites is 1. The van der Waals surface area contributed by atoms with Gasteiger partial charge in [0.1, 0.15) is 0 Å². The maximum absolute atomic E-state index is 12.9. The summed E-state index contributed by atoms with van der Waals surface area (Å²) in [6.45, 7) is 3.96. The molecule has 0 saturated carbocycles. The average Bonchev–Trinajstić information content (AvgIpc) is 2.79. The summed E-state index contributed by atoms with van der Waals surface area (Å²) in [5, 5.41) is 0. The predicted molar refractivity (Wildman–Crippen MR) is 118 cm³/mol. The molecule has 7 nitrogen and oxygen atoms in total. The van der Waals surface area contributed by atoms with Gasteiger partial charge < -0.3 is 9.64 Å². The van der Waals surface area contributed by atoms with E-state index < -0.39 is 21.9 Å². The van der Waals surface area contributed by atoms with Crippen LogP contribution >= 0.6 is 0 Å². The van der Waals surface area contributed by atoms with Crippen LogP contribution in [0.15, 0.2) is 53.4 Å². The number of anilines is 1. The van der Waals surface area contributed by atoms with Gasteiger partial charge in [0, 0.05) is 25.8 Å². The summed E-state index contributed by atoms with van der Waals surface area (Å²) in [7, 11) is -1.97. The van der Waals surface area contributed by atoms with Crippen molar-refractivity contribution < 1.29 is 22.7 Å². The van der Waals surface area contributed by atoms with Crippen LogP contribution in [0.4, 0.5) is 5.69 Å². The molecule has 1 heterocycles. The van der Waals surface area contributed by atoms with E-state index in [0.29, 0.717) is 18.5 Å². The molecular weight excluding hydrogens is 416 g/mol. The third-order valence-electron chi connectivity index (χ3n) is 5.76. The van der Waals surface area contributed by atoms with Gasteiger partial charge in [-0.25, -0.2) is 8.42 Å². The van der Waals surface area contributed by atoms with Gasteiger partial charge in [-0.15, -0.1) is 0 Å². The van der Waals surface area contributed by atoms with Crippen molar-refractivity contribution in [3.05, 3.63) is 59.7 Å². The molecule has 0 atom stereocenters. The Morgan fingerprint density at radius 2 is 1.68 bits per heavy atom. The smallest absolute Gasteiger partial charge is 0.309 e. The van der Waals surface area contributed by atoms with Crippen LogP contribution in [-0.2, 0) is 24.3 Å². The summed E-state index contributed by atoms with van der Waals surface area (Å²) in [6.07, 6.45) is 0.733. The summed E-state index contributed by atoms with van der Waals surface area (Å²) in [4.78, 5) is 26.4. The van der Waals surface area contributed by atoms with Gasteiger partial charge in [0.15, 0.2) is 6.61 Å². The molecule has 1 amide bonds. The standard InChI is InChI=1S/C23H28N2O5S/c1-17-9-10-21(15-18(17)2)31(28,29)25-13-11-19(12-14-25)23(27)30-16-22(26)24(3)20-7-5-4-6-8-20/h4-10,15,19H,11-14,16H2,1-3H3. The lowest BCUT2D eigenvalue weighted by atomic mass is 9.98. The SMILES string of the molecule is Cc1ccc(S(=O)(=O)N2CCC(C(=O)OCC(=O)N(C)c3ccccc3)CC2)cc1C. The zero-order chi connectivity index (χ0) is 22.6. The number of ether oxygens (including phenoxy) is 1. The van der Waals surface area contributed by atoms with Crippen molar-refractivity contribution in [2.75, 3.05) is 31.6 Å². The van der Waals surface area contributed by atoms with Crippen molar-refractivity contribution in [3.63, 3.8) is 0 Å². The topological polar surface area (TPSA) is 84.0 Å². The van der Waals surface area contributed by atoms with Crippen LogP contribution in [0.2, 0.25) is 0 Å². The van der Waals surface area contributed by atoms with Crippen molar-refractivity contribution in [2.24, 2.45) is 5.92 Å². The molecule has 0 N–H and O–H groups in total. The third kappa shape index (κ3) is 5.32. The minimum Gasteiger partial charge on any atom is -0.455 e. The molecule has 1 saturated heterocycles. The number of likely N-dealkylation sites (N-methyl/N-ethyl adjacent to an activating group) is 1. The van der Waals surface area contributed by atoms with E-state index in [1.807, 2.05) is 32.0 Å². The number of aryl methyl sites for hydroxylation is 2. The number of hydrogen-bond donors (Lipinski definition) is 0. The maximum Gasteiger partial charge on any atom is 0.309 e. The van der Waals surface area contributed by atoms with E-state index in [-0.39, 0.29) is 30.5 Å². The Labute approximate surface area is 183 Å². The number of nitrogens with zero attached hydrogens (tertiary/aromatic N) is 2. The highest BCUT2D eigenvalue weighted by Crippen LogP contribution is 2.26. The zero-order valence-corrected chi connectivity index (χ0v) is 18.9. The lowest BCUT2D eigenvalue weighted by Crippen LogP contribution is -2.41. The second-order valence-corrected chi connectivity index (χ2v) is 9.76. The highest BCUT2D eigenvalue weighted by atomic mass is 32.2. The van der Waals surface area contributed by atoms with Gasteiger partial charge in [0.05, 0.1) is 10.8 Å². The lowest BCUT2D eigenvalue weighted by molar-refractivity contribution is -0.153. The predicted octanol–water partition coefficient (Wildman–Crippen LogP) is 2.91. The van der Waals surface area contributed by atoms with E-state index in [2.05, 4.69) is 0 Å². The fourth-order valence-electron chi connectivity index (χ4n) is 3.50. The van der Waals surface area contributed by atoms with Crippen molar-refractivity contribution in [1.29, 1.82) is 0 Å². The Morgan fingerprint density at radius 3 is 2.29 bits per heavy atom. The first kappa shape index (κ1) is 23.0. The first-order valence-corrected chi connectivity index (χ1v) is 11.7. The molecular formula is C23H28N2O5S. The molecule has 166 valence electrons. The van der Waals surface area contributed by atoms with Gasteiger partial charge in [0.25, 0.3) is 5.91 Å². The van der Waals surface area contributed by atoms with Crippen molar-refractivity contribution in [2.45, 2.75) is 31.6 Å². The monoisotopic (exact) mass is 444 g/mol. The largest absolute Gasteiger partial charge is 0.455 e. The molecule has 1 aliphatic heterocycles. The maximum atomic E-state index is 12.9. The number of rotatable bonds is 6. The second kappa shape index (κ2) is 9.62. The summed E-state index contributed by atoms with van der Waals surface area (Å²) in [5.74, 6) is -1.20. The zero-order valence-electron chi connectivity index (χ0n) is 18.1. The van der Waals surface area contributed by atoms with Crippen LogP contribution in [0.25, 0.3) is 0 Å². The summed E-state index contributed by atoms with van der Waals surface area (Å²) in [6, 6.07) is 14.2. The number of hydrogen-bond acceptors (Lipinski definition) is 5. The Bertz CT molecular complexity index is 1040. The van der Waals surface area contributed by atoms with Crippen molar-refractivity contribution in [3.8, 4) is 0 Å². The van der Waals surface area contributed by atoms with Crippen LogP contribution in [-0.4, -0.2) is 51.3 Å². The molecule has 0 spiro atoms. The van der Waals surface area contributed by atoms with Gasteiger partial charge >= 0.3 is 5.97 Å². The highest BCUT2D eigenvalue weighted by Gasteiger charge is 2.33. The molecule has 31 heavy (non-hydrogen) atoms. The Kier molecular flexibility index (Phi) is 7.12. The Morgan fingerprint density at radius 1 is 1.03 bits per heavy atom. The van der Waals surface area contributed by atoms with Crippen LogP contribution in [0.1, 0.15) is 24.0 Å². The molecule has 0 unspecified atom stereocenters. The van der Waals surface area contributed by atoms with Gasteiger partial charge in [-0.2, -0.15) is 4.31 Å². The molecule has 0 radical (unpaired) electrons. The van der Waals surface area contributed by atoms with E-state index in [1.165, 1.54) is 9.21 Å². The quantitative estimate of drug-likeness (QED) is 0.640. The van der Waals surface area contributed by atoms with E-state index in [1.54, 1.807) is 37.4 Å². The van der Waals surface area contributed by atoms with E-state index in [9.17, 15) is 18.0 Å². The number of carbonyl (C=O) groups is 2. The second-order valence-electron chi connectivity index (χ2n) is 7.82. The number of sulfonamides is 1. The van der Waals surface area contributed by atoms with Crippen LogP contribution in [0.5, 0.6) is 0 Å². The molecule has 2 aromatic carbocycles. The normalized spacial score (nSPS) is 15.5. The van der Waals surface area contributed by atoms with Gasteiger partial charge in [-0.1, -0.05) is 24.3 Å². The fourth-order valence-corrected chi connectivity index (χ4v) is 5.05. The van der Waals surface area contributed by atoms with E-state index in [4.69, 9.17) is 4.74 Å². The number of benzene rings is 2. The average molecular weight is 445 g/mol. The van der Waals surface area contributed by atoms with E-state index >= 15 is 0 Å². The van der Waals surface area contributed by atoms with E-state index in [0.717, 1.165) is 11.1 Å². The number of carbonyl (C=O) groups excluding carboxylic acids is 2. The molecule has 1 aliphatic rings. The van der Waals surface area contributed by atoms with Gasteiger partial charge in [-0.3, -0.25) is 9.59 Å². The molecule has 0 aliphatic carbocycles. The van der Waals surface area contributed by atoms with Crippen LogP contribution in [0, 0.1) is 19.8 Å². The van der Waals surface area contributed by atoms with Gasteiger partial charge in [0.2, 0.25) is 10.0 Å². The third-order valence-corrected chi connectivity index (χ3v) is 7.65. The first-order chi connectivity index (χ1) is 14.7. The fraction of sp³-hybridized carbons (Fsp3) is 0.391. The number of esters is 1. The molecule has 0 aromatic heterocycles. The van der Waals surface area contributed by atoms with Gasteiger partial charge in [-0.05, 0) is 62.1 Å². The summed E-state index contributed by atoms with van der Waals surface area (Å²) >= 11 is 0. The highest BCUT2D eigenvalue weighted by molar-refractivity contribution is 7.89. The van der Waals surface area contributed by atoms with Crippen molar-refractivity contribution >= 4 is 27.6 Å². The number of piperidine rings is 1. The molecule has 8 heteroatoms. The summed E-state index contributed by atoms with van der Waals surface area (Å²) < 4.78 is 32.5. The minimum atomic E-state index is -3.60. The Hall–Kier alpha value is -2.71. The van der Waals surface area contributed by atoms with Crippen LogP contribution in [0.3, 0.4) is 0 Å². The lowest BCUT2D eigenvalue weighted by Gasteiger charge is -2.30. The molecule has 2 aromatic rings.